The maximum atomic E-state index is 5.72. The third-order valence-electron chi connectivity index (χ3n) is 2.16. The Bertz CT molecular complexity index is 497. The lowest BCUT2D eigenvalue weighted by Gasteiger charge is -2.04. The molecule has 0 unspecified atom stereocenters. The molecule has 2 aromatic rings. The van der Waals surface area contributed by atoms with Gasteiger partial charge < -0.3 is 5.73 Å². The van der Waals surface area contributed by atoms with Gasteiger partial charge in [-0.1, -0.05) is 27.7 Å². The van der Waals surface area contributed by atoms with Gasteiger partial charge in [0.2, 0.25) is 0 Å². The maximum Gasteiger partial charge on any atom is 0.101 e. The fraction of sp³-hybridized carbons (Fsp3) is 0.0833. The molecule has 0 aliphatic heterocycles. The molecular weight excluding hydrogens is 284 g/mol. The van der Waals surface area contributed by atoms with Crippen LogP contribution in [-0.2, 0) is 0 Å². The van der Waals surface area contributed by atoms with E-state index in [1.807, 2.05) is 25.1 Å². The van der Waals surface area contributed by atoms with E-state index in [1.54, 1.807) is 18.0 Å². The van der Waals surface area contributed by atoms with Crippen molar-refractivity contribution in [1.29, 1.82) is 0 Å². The van der Waals surface area contributed by atoms with Gasteiger partial charge in [-0.3, -0.25) is 0 Å². The Morgan fingerprint density at radius 2 is 1.94 bits per heavy atom. The van der Waals surface area contributed by atoms with Gasteiger partial charge in [-0.15, -0.1) is 0 Å². The topological polar surface area (TPSA) is 38.9 Å². The van der Waals surface area contributed by atoms with E-state index >= 15 is 0 Å². The average molecular weight is 295 g/mol. The number of rotatable bonds is 2. The number of anilines is 1. The Morgan fingerprint density at radius 1 is 1.25 bits per heavy atom. The van der Waals surface area contributed by atoms with Crippen molar-refractivity contribution in [2.24, 2.45) is 0 Å². The maximum absolute atomic E-state index is 5.72. The molecule has 0 saturated carbocycles. The Kier molecular flexibility index (Phi) is 3.51. The summed E-state index contributed by atoms with van der Waals surface area (Å²) in [5, 5.41) is 0.967. The van der Waals surface area contributed by atoms with Crippen LogP contribution in [0.2, 0.25) is 0 Å². The minimum absolute atomic E-state index is 0.736. The summed E-state index contributed by atoms with van der Waals surface area (Å²) in [6, 6.07) is 10.2. The van der Waals surface area contributed by atoms with E-state index < -0.39 is 0 Å². The number of nitrogen functional groups attached to an aromatic ring is 1. The summed E-state index contributed by atoms with van der Waals surface area (Å²) in [6.07, 6.45) is 1.70. The second kappa shape index (κ2) is 4.89. The lowest BCUT2D eigenvalue weighted by Crippen LogP contribution is -1.91. The molecule has 16 heavy (non-hydrogen) atoms. The first-order valence-corrected chi connectivity index (χ1v) is 6.41. The third-order valence-corrected chi connectivity index (χ3v) is 3.63. The molecule has 0 spiro atoms. The van der Waals surface area contributed by atoms with Crippen molar-refractivity contribution in [2.45, 2.75) is 16.8 Å². The molecule has 0 aliphatic rings. The van der Waals surface area contributed by atoms with Crippen LogP contribution in [0.15, 0.2) is 50.9 Å². The van der Waals surface area contributed by atoms with Gasteiger partial charge in [0.25, 0.3) is 0 Å². The predicted molar refractivity (Wildman–Crippen MR) is 71.7 cm³/mol. The average Bonchev–Trinajstić information content (AvgIpc) is 2.27. The van der Waals surface area contributed by atoms with Crippen molar-refractivity contribution in [3.63, 3.8) is 0 Å². The van der Waals surface area contributed by atoms with Crippen molar-refractivity contribution in [1.82, 2.24) is 4.98 Å². The highest BCUT2D eigenvalue weighted by Gasteiger charge is 2.01. The molecule has 0 fully saturated rings. The summed E-state index contributed by atoms with van der Waals surface area (Å²) in [5.41, 5.74) is 7.52. The van der Waals surface area contributed by atoms with Gasteiger partial charge in [0.1, 0.15) is 5.03 Å². The van der Waals surface area contributed by atoms with Crippen LogP contribution < -0.4 is 5.73 Å². The zero-order chi connectivity index (χ0) is 11.5. The van der Waals surface area contributed by atoms with Crippen molar-refractivity contribution < 1.29 is 0 Å². The van der Waals surface area contributed by atoms with E-state index in [0.717, 1.165) is 20.7 Å². The molecule has 0 saturated heterocycles. The van der Waals surface area contributed by atoms with E-state index in [9.17, 15) is 0 Å². The molecule has 0 bridgehead atoms. The second-order valence-corrected chi connectivity index (χ2v) is 5.44. The molecule has 2 nitrogen and oxygen atoms in total. The number of pyridine rings is 1. The van der Waals surface area contributed by atoms with Crippen LogP contribution in [0.5, 0.6) is 0 Å². The molecule has 1 aromatic carbocycles. The SMILES string of the molecule is Cc1cc(Sc2ccc(Br)cc2)ncc1N. The molecule has 1 aromatic heterocycles. The largest absolute Gasteiger partial charge is 0.397 e. The lowest BCUT2D eigenvalue weighted by atomic mass is 10.3. The minimum atomic E-state index is 0.736. The predicted octanol–water partition coefficient (Wildman–Crippen LogP) is 3.89. The van der Waals surface area contributed by atoms with Crippen LogP contribution in [0.25, 0.3) is 0 Å². The standard InChI is InChI=1S/C12H11BrN2S/c1-8-6-12(15-7-11(8)14)16-10-4-2-9(13)3-5-10/h2-7H,14H2,1H3. The van der Waals surface area contributed by atoms with E-state index in [0.29, 0.717) is 0 Å². The van der Waals surface area contributed by atoms with E-state index in [1.165, 1.54) is 4.90 Å². The van der Waals surface area contributed by atoms with Crippen LogP contribution in [0.1, 0.15) is 5.56 Å². The normalized spacial score (nSPS) is 10.4. The number of benzene rings is 1. The first-order chi connectivity index (χ1) is 7.65. The first kappa shape index (κ1) is 11.5. The van der Waals surface area contributed by atoms with Crippen molar-refractivity contribution in [3.8, 4) is 0 Å². The summed E-state index contributed by atoms with van der Waals surface area (Å²) < 4.78 is 1.08. The molecule has 0 radical (unpaired) electrons. The molecule has 4 heteroatoms. The second-order valence-electron chi connectivity index (χ2n) is 3.44. The van der Waals surface area contributed by atoms with Gasteiger partial charge in [-0.05, 0) is 42.8 Å². The highest BCUT2D eigenvalue weighted by Crippen LogP contribution is 2.28. The van der Waals surface area contributed by atoms with Crippen LogP contribution >= 0.6 is 27.7 Å². The summed E-state index contributed by atoms with van der Waals surface area (Å²) >= 11 is 5.04. The molecule has 2 rings (SSSR count). The number of aromatic nitrogens is 1. The molecule has 0 atom stereocenters. The Hall–Kier alpha value is -1.00. The quantitative estimate of drug-likeness (QED) is 0.913. The van der Waals surface area contributed by atoms with E-state index in [4.69, 9.17) is 5.73 Å². The Labute approximate surface area is 107 Å². The summed E-state index contributed by atoms with van der Waals surface area (Å²) in [5.74, 6) is 0. The number of aryl methyl sites for hydroxylation is 1. The fourth-order valence-electron chi connectivity index (χ4n) is 1.22. The van der Waals surface area contributed by atoms with Crippen molar-refractivity contribution in [3.05, 3.63) is 46.6 Å². The zero-order valence-electron chi connectivity index (χ0n) is 8.77. The summed E-state index contributed by atoms with van der Waals surface area (Å²) in [4.78, 5) is 5.45. The number of halogens is 1. The number of hydrogen-bond donors (Lipinski definition) is 1. The molecule has 0 amide bonds. The zero-order valence-corrected chi connectivity index (χ0v) is 11.2. The monoisotopic (exact) mass is 294 g/mol. The molecule has 1 heterocycles. The third kappa shape index (κ3) is 2.77. The van der Waals surface area contributed by atoms with Gasteiger partial charge >= 0.3 is 0 Å². The first-order valence-electron chi connectivity index (χ1n) is 4.81. The van der Waals surface area contributed by atoms with E-state index in [-0.39, 0.29) is 0 Å². The molecule has 0 aliphatic carbocycles. The Balaban J connectivity index is 2.20. The highest BCUT2D eigenvalue weighted by molar-refractivity contribution is 9.10. The number of nitrogens with zero attached hydrogens (tertiary/aromatic N) is 1. The summed E-state index contributed by atoms with van der Waals surface area (Å²) in [6.45, 7) is 1.99. The van der Waals surface area contributed by atoms with Crippen LogP contribution in [0, 0.1) is 6.92 Å². The van der Waals surface area contributed by atoms with Crippen molar-refractivity contribution >= 4 is 33.4 Å². The molecule has 2 N–H and O–H groups in total. The smallest absolute Gasteiger partial charge is 0.101 e. The van der Waals surface area contributed by atoms with Gasteiger partial charge in [-0.25, -0.2) is 4.98 Å². The lowest BCUT2D eigenvalue weighted by molar-refractivity contribution is 1.11. The van der Waals surface area contributed by atoms with Gasteiger partial charge in [-0.2, -0.15) is 0 Å². The number of hydrogen-bond acceptors (Lipinski definition) is 3. The minimum Gasteiger partial charge on any atom is -0.397 e. The Morgan fingerprint density at radius 3 is 2.56 bits per heavy atom. The van der Waals surface area contributed by atoms with Gasteiger partial charge in [0, 0.05) is 9.37 Å². The van der Waals surface area contributed by atoms with Crippen molar-refractivity contribution in [2.75, 3.05) is 5.73 Å². The van der Waals surface area contributed by atoms with Gasteiger partial charge in [0.15, 0.2) is 0 Å². The molecule has 82 valence electrons. The van der Waals surface area contributed by atoms with Crippen LogP contribution in [0.3, 0.4) is 0 Å². The molecular formula is C12H11BrN2S. The summed E-state index contributed by atoms with van der Waals surface area (Å²) in [7, 11) is 0. The number of nitrogens with two attached hydrogens (primary N) is 1. The van der Waals surface area contributed by atoms with Crippen LogP contribution in [0.4, 0.5) is 5.69 Å². The van der Waals surface area contributed by atoms with E-state index in [2.05, 4.69) is 33.0 Å². The highest BCUT2D eigenvalue weighted by atomic mass is 79.9. The fourth-order valence-corrected chi connectivity index (χ4v) is 2.34. The van der Waals surface area contributed by atoms with Crippen LogP contribution in [-0.4, -0.2) is 4.98 Å². The van der Waals surface area contributed by atoms with Gasteiger partial charge in [0.05, 0.1) is 11.9 Å².